The third-order valence-corrected chi connectivity index (χ3v) is 8.80. The fourth-order valence-corrected chi connectivity index (χ4v) is 6.12. The minimum absolute atomic E-state index is 0.00179. The van der Waals surface area contributed by atoms with Crippen molar-refractivity contribution < 1.29 is 19.4 Å². The molecule has 47 heavy (non-hydrogen) atoms. The van der Waals surface area contributed by atoms with Gasteiger partial charge in [0.25, 0.3) is 5.91 Å². The molecule has 0 spiro atoms. The Kier molecular flexibility index (Phi) is 10.9. The van der Waals surface area contributed by atoms with Crippen LogP contribution in [0, 0.1) is 5.92 Å². The Morgan fingerprint density at radius 3 is 1.77 bits per heavy atom. The highest BCUT2D eigenvalue weighted by Crippen LogP contribution is 2.42. The van der Waals surface area contributed by atoms with Gasteiger partial charge in [0.15, 0.2) is 6.29 Å². The van der Waals surface area contributed by atoms with E-state index in [4.69, 9.17) is 9.47 Å². The normalized spacial score (nSPS) is 19.4. The van der Waals surface area contributed by atoms with Gasteiger partial charge in [-0.1, -0.05) is 134 Å². The highest BCUT2D eigenvalue weighted by Gasteiger charge is 2.39. The monoisotopic (exact) mass is 626 g/mol. The van der Waals surface area contributed by atoms with Gasteiger partial charge in [0.05, 0.1) is 18.8 Å². The summed E-state index contributed by atoms with van der Waals surface area (Å²) in [6.07, 6.45) is -0.887. The summed E-state index contributed by atoms with van der Waals surface area (Å²) >= 11 is 0. The summed E-state index contributed by atoms with van der Waals surface area (Å²) in [5, 5.41) is 12.6. The first-order chi connectivity index (χ1) is 23.1. The van der Waals surface area contributed by atoms with Crippen LogP contribution in [0.15, 0.2) is 140 Å². The number of nitrogens with zero attached hydrogens (tertiary/aromatic N) is 1. The van der Waals surface area contributed by atoms with Crippen molar-refractivity contribution in [2.24, 2.45) is 5.92 Å². The highest BCUT2D eigenvalue weighted by atomic mass is 16.7. The van der Waals surface area contributed by atoms with Crippen molar-refractivity contribution >= 4 is 5.91 Å². The number of hydrogen-bond donors (Lipinski definition) is 2. The zero-order valence-electron chi connectivity index (χ0n) is 26.7. The Morgan fingerprint density at radius 1 is 0.660 bits per heavy atom. The second kappa shape index (κ2) is 15.8. The Hall–Kier alpha value is -4.59. The standard InChI is InChI=1S/C41H42N2O4/c1-30-38(28-43(26-32-11-5-2-6-12-32)27-33-13-7-3-8-14-33)46-41(47-39(30)35-21-19-34(29-44)20-22-35)37-23-17-31(18-24-37)25-42-40(45)36-15-9-4-10-16-36/h2-24,30,38-39,41,44H,25-29H2,1H3,(H,42,45)/t30-,38+,39+,41+/m0/s1. The molecule has 2 N–H and O–H groups in total. The summed E-state index contributed by atoms with van der Waals surface area (Å²) in [6.45, 7) is 4.95. The molecule has 0 bridgehead atoms. The van der Waals surface area contributed by atoms with Gasteiger partial charge in [-0.3, -0.25) is 9.69 Å². The number of aliphatic hydroxyl groups is 1. The second-order valence-electron chi connectivity index (χ2n) is 12.3. The molecule has 0 unspecified atom stereocenters. The van der Waals surface area contributed by atoms with Crippen molar-refractivity contribution in [3.8, 4) is 0 Å². The van der Waals surface area contributed by atoms with Crippen LogP contribution in [-0.2, 0) is 35.7 Å². The number of ether oxygens (including phenoxy) is 2. The van der Waals surface area contributed by atoms with Crippen LogP contribution in [0.2, 0.25) is 0 Å². The molecule has 5 aromatic rings. The fourth-order valence-electron chi connectivity index (χ4n) is 6.12. The molecule has 6 nitrogen and oxygen atoms in total. The summed E-state index contributed by atoms with van der Waals surface area (Å²) in [7, 11) is 0. The number of hydrogen-bond acceptors (Lipinski definition) is 5. The zero-order chi connectivity index (χ0) is 32.4. The number of benzene rings is 5. The van der Waals surface area contributed by atoms with E-state index in [0.717, 1.165) is 41.9 Å². The third kappa shape index (κ3) is 8.61. The molecular weight excluding hydrogens is 584 g/mol. The van der Waals surface area contributed by atoms with Gasteiger partial charge < -0.3 is 19.9 Å². The molecule has 1 heterocycles. The van der Waals surface area contributed by atoms with Gasteiger partial charge in [0, 0.05) is 43.2 Å². The summed E-state index contributed by atoms with van der Waals surface area (Å²) in [5.74, 6) is -0.0381. The van der Waals surface area contributed by atoms with Crippen LogP contribution >= 0.6 is 0 Å². The van der Waals surface area contributed by atoms with E-state index in [1.54, 1.807) is 0 Å². The van der Waals surface area contributed by atoms with Gasteiger partial charge in [-0.25, -0.2) is 0 Å². The van der Waals surface area contributed by atoms with Crippen molar-refractivity contribution in [2.45, 2.75) is 51.7 Å². The predicted molar refractivity (Wildman–Crippen MR) is 184 cm³/mol. The van der Waals surface area contributed by atoms with Crippen LogP contribution in [0.25, 0.3) is 0 Å². The average molecular weight is 627 g/mol. The van der Waals surface area contributed by atoms with Gasteiger partial charge in [0.2, 0.25) is 0 Å². The molecule has 240 valence electrons. The Bertz CT molecular complexity index is 1640. The number of aliphatic hydroxyl groups excluding tert-OH is 1. The lowest BCUT2D eigenvalue weighted by atomic mass is 9.89. The van der Waals surface area contributed by atoms with Crippen LogP contribution in [0.1, 0.15) is 63.1 Å². The second-order valence-corrected chi connectivity index (χ2v) is 12.3. The summed E-state index contributed by atoms with van der Waals surface area (Å²) < 4.78 is 13.5. The minimum Gasteiger partial charge on any atom is -0.392 e. The summed E-state index contributed by atoms with van der Waals surface area (Å²) in [4.78, 5) is 15.0. The van der Waals surface area contributed by atoms with Gasteiger partial charge >= 0.3 is 0 Å². The first kappa shape index (κ1) is 32.4. The Labute approximate surface area is 277 Å². The molecule has 1 fully saturated rings. The lowest BCUT2D eigenvalue weighted by molar-refractivity contribution is -0.276. The van der Waals surface area contributed by atoms with Gasteiger partial charge in [0.1, 0.15) is 0 Å². The molecule has 5 aromatic carbocycles. The van der Waals surface area contributed by atoms with Crippen LogP contribution in [0.4, 0.5) is 0 Å². The van der Waals surface area contributed by atoms with Crippen LogP contribution in [0.5, 0.6) is 0 Å². The van der Waals surface area contributed by atoms with E-state index in [1.165, 1.54) is 11.1 Å². The lowest BCUT2D eigenvalue weighted by Gasteiger charge is -2.43. The number of amides is 1. The molecule has 0 saturated carbocycles. The molecule has 6 heteroatoms. The molecule has 6 rings (SSSR count). The first-order valence-corrected chi connectivity index (χ1v) is 16.3. The van der Waals surface area contributed by atoms with E-state index in [9.17, 15) is 9.90 Å². The molecule has 0 radical (unpaired) electrons. The van der Waals surface area contributed by atoms with E-state index in [2.05, 4.69) is 89.9 Å². The molecule has 1 amide bonds. The topological polar surface area (TPSA) is 71.0 Å². The quantitative estimate of drug-likeness (QED) is 0.149. The average Bonchev–Trinajstić information content (AvgIpc) is 3.13. The van der Waals surface area contributed by atoms with E-state index < -0.39 is 6.29 Å². The number of rotatable bonds is 12. The maximum absolute atomic E-state index is 12.6. The van der Waals surface area contributed by atoms with Crippen molar-refractivity contribution in [2.75, 3.05) is 6.54 Å². The number of carbonyl (C=O) groups excluding carboxylic acids is 1. The maximum Gasteiger partial charge on any atom is 0.251 e. The first-order valence-electron chi connectivity index (χ1n) is 16.3. The number of carbonyl (C=O) groups is 1. The number of nitrogens with one attached hydrogen (secondary N) is 1. The van der Waals surface area contributed by atoms with Crippen molar-refractivity contribution in [1.29, 1.82) is 0 Å². The minimum atomic E-state index is -0.568. The molecule has 1 saturated heterocycles. The van der Waals surface area contributed by atoms with E-state index in [1.807, 2.05) is 66.7 Å². The van der Waals surface area contributed by atoms with Crippen LogP contribution in [0.3, 0.4) is 0 Å². The molecule has 1 aliphatic heterocycles. The maximum atomic E-state index is 12.6. The summed E-state index contributed by atoms with van der Waals surface area (Å²) in [6, 6.07) is 46.5. The molecule has 0 aliphatic carbocycles. The van der Waals surface area contributed by atoms with Crippen molar-refractivity contribution in [3.05, 3.63) is 178 Å². The SMILES string of the molecule is C[C@H]1[C@@H](CN(Cc2ccccc2)Cc2ccccc2)O[C@@H](c2ccc(CNC(=O)c3ccccc3)cc2)O[C@H]1c1ccc(CO)cc1. The fraction of sp³-hybridized carbons (Fsp3) is 0.244. The van der Waals surface area contributed by atoms with Crippen molar-refractivity contribution in [1.82, 2.24) is 10.2 Å². The molecule has 4 atom stereocenters. The van der Waals surface area contributed by atoms with Gasteiger partial charge in [-0.05, 0) is 39.9 Å². The lowest BCUT2D eigenvalue weighted by Crippen LogP contribution is -2.44. The van der Waals surface area contributed by atoms with Gasteiger partial charge in [-0.15, -0.1) is 0 Å². The van der Waals surface area contributed by atoms with E-state index >= 15 is 0 Å². The van der Waals surface area contributed by atoms with Crippen LogP contribution in [-0.4, -0.2) is 28.6 Å². The van der Waals surface area contributed by atoms with Gasteiger partial charge in [-0.2, -0.15) is 0 Å². The molecule has 1 aliphatic rings. The molecular formula is C41H42N2O4. The van der Waals surface area contributed by atoms with Crippen LogP contribution < -0.4 is 5.32 Å². The molecule has 0 aromatic heterocycles. The largest absolute Gasteiger partial charge is 0.392 e. The predicted octanol–water partition coefficient (Wildman–Crippen LogP) is 7.60. The van der Waals surface area contributed by atoms with E-state index in [0.29, 0.717) is 12.1 Å². The highest BCUT2D eigenvalue weighted by molar-refractivity contribution is 5.94. The zero-order valence-corrected chi connectivity index (χ0v) is 26.7. The van der Waals surface area contributed by atoms with E-state index in [-0.39, 0.29) is 30.6 Å². The smallest absolute Gasteiger partial charge is 0.251 e. The van der Waals surface area contributed by atoms with Crippen molar-refractivity contribution in [3.63, 3.8) is 0 Å². The third-order valence-electron chi connectivity index (χ3n) is 8.80. The Morgan fingerprint density at radius 2 is 1.19 bits per heavy atom. The Balaban J connectivity index is 1.22. The summed E-state index contributed by atoms with van der Waals surface area (Å²) in [5.41, 5.74) is 7.00.